The maximum absolute atomic E-state index is 13.5. The van der Waals surface area contributed by atoms with Gasteiger partial charge in [0, 0.05) is 30.4 Å². The summed E-state index contributed by atoms with van der Waals surface area (Å²) in [5, 5.41) is 7.87. The third kappa shape index (κ3) is 2.77. The maximum atomic E-state index is 13.5. The Morgan fingerprint density at radius 3 is 2.88 bits per heavy atom. The van der Waals surface area contributed by atoms with Crippen LogP contribution in [0.1, 0.15) is 11.3 Å². The van der Waals surface area contributed by atoms with Crippen LogP contribution in [0.25, 0.3) is 0 Å². The van der Waals surface area contributed by atoms with Crippen molar-refractivity contribution in [1.29, 1.82) is 0 Å². The molecule has 90 valence electrons. The Labute approximate surface area is 104 Å². The zero-order valence-corrected chi connectivity index (χ0v) is 10.4. The average molecular weight is 254 g/mol. The van der Waals surface area contributed by atoms with Crippen molar-refractivity contribution in [2.24, 2.45) is 7.05 Å². The summed E-state index contributed by atoms with van der Waals surface area (Å²) in [7, 11) is 1.85. The van der Waals surface area contributed by atoms with Gasteiger partial charge in [-0.15, -0.1) is 0 Å². The molecule has 1 N–H and O–H groups in total. The maximum Gasteiger partial charge on any atom is 0.128 e. The number of benzene rings is 1. The van der Waals surface area contributed by atoms with E-state index in [0.29, 0.717) is 17.1 Å². The van der Waals surface area contributed by atoms with E-state index in [2.05, 4.69) is 10.4 Å². The highest BCUT2D eigenvalue weighted by Crippen LogP contribution is 2.18. The van der Waals surface area contributed by atoms with Crippen molar-refractivity contribution < 1.29 is 4.39 Å². The molecule has 17 heavy (non-hydrogen) atoms. The SMILES string of the molecule is Cc1nn(C)cc1NCc1cc(Cl)ccc1F. The standard InChI is InChI=1S/C12H13ClFN3/c1-8-12(7-17(2)16-8)15-6-9-5-10(13)3-4-11(9)14/h3-5,7,15H,6H2,1-2H3. The zero-order chi connectivity index (χ0) is 12.4. The van der Waals surface area contributed by atoms with Crippen LogP contribution in [-0.4, -0.2) is 9.78 Å². The molecule has 0 fully saturated rings. The molecule has 2 rings (SSSR count). The smallest absolute Gasteiger partial charge is 0.128 e. The number of nitrogens with zero attached hydrogens (tertiary/aromatic N) is 2. The number of hydrogen-bond donors (Lipinski definition) is 1. The Kier molecular flexibility index (Phi) is 3.33. The van der Waals surface area contributed by atoms with Gasteiger partial charge in [-0.25, -0.2) is 4.39 Å². The number of halogens is 2. The van der Waals surface area contributed by atoms with Crippen LogP contribution in [0, 0.1) is 12.7 Å². The van der Waals surface area contributed by atoms with Gasteiger partial charge in [-0.1, -0.05) is 11.6 Å². The predicted octanol–water partition coefficient (Wildman–Crippen LogP) is 3.13. The fraction of sp³-hybridized carbons (Fsp3) is 0.250. The summed E-state index contributed by atoms with van der Waals surface area (Å²) in [4.78, 5) is 0. The number of rotatable bonds is 3. The van der Waals surface area contributed by atoms with E-state index in [-0.39, 0.29) is 5.82 Å². The molecule has 3 nitrogen and oxygen atoms in total. The van der Waals surface area contributed by atoms with Gasteiger partial charge in [-0.2, -0.15) is 5.10 Å². The molecule has 0 aliphatic carbocycles. The first-order chi connectivity index (χ1) is 8.06. The molecule has 2 aromatic rings. The lowest BCUT2D eigenvalue weighted by Crippen LogP contribution is -2.02. The third-order valence-electron chi connectivity index (χ3n) is 2.49. The van der Waals surface area contributed by atoms with Crippen molar-refractivity contribution in [1.82, 2.24) is 9.78 Å². The van der Waals surface area contributed by atoms with Crippen LogP contribution in [0.15, 0.2) is 24.4 Å². The van der Waals surface area contributed by atoms with Gasteiger partial charge in [0.2, 0.25) is 0 Å². The van der Waals surface area contributed by atoms with Gasteiger partial charge in [0.25, 0.3) is 0 Å². The minimum atomic E-state index is -0.261. The molecule has 0 saturated carbocycles. The van der Waals surface area contributed by atoms with Gasteiger partial charge in [-0.05, 0) is 25.1 Å². The highest BCUT2D eigenvalue weighted by Gasteiger charge is 2.05. The molecule has 1 aromatic heterocycles. The first-order valence-corrected chi connectivity index (χ1v) is 5.62. The van der Waals surface area contributed by atoms with Crippen molar-refractivity contribution in [3.63, 3.8) is 0 Å². The number of aromatic nitrogens is 2. The lowest BCUT2D eigenvalue weighted by atomic mass is 10.2. The van der Waals surface area contributed by atoms with Crippen LogP contribution in [0.5, 0.6) is 0 Å². The van der Waals surface area contributed by atoms with Gasteiger partial charge < -0.3 is 5.32 Å². The minimum absolute atomic E-state index is 0.261. The Bertz CT molecular complexity index is 537. The third-order valence-corrected chi connectivity index (χ3v) is 2.73. The Morgan fingerprint density at radius 1 is 1.47 bits per heavy atom. The van der Waals surface area contributed by atoms with E-state index in [9.17, 15) is 4.39 Å². The summed E-state index contributed by atoms with van der Waals surface area (Å²) in [5.74, 6) is -0.261. The fourth-order valence-electron chi connectivity index (χ4n) is 1.64. The number of aryl methyl sites for hydroxylation is 2. The van der Waals surface area contributed by atoms with Crippen molar-refractivity contribution >= 4 is 17.3 Å². The van der Waals surface area contributed by atoms with Gasteiger partial charge >= 0.3 is 0 Å². The van der Waals surface area contributed by atoms with E-state index in [1.165, 1.54) is 12.1 Å². The monoisotopic (exact) mass is 253 g/mol. The fourth-order valence-corrected chi connectivity index (χ4v) is 1.84. The quantitative estimate of drug-likeness (QED) is 0.911. The van der Waals surface area contributed by atoms with Crippen molar-refractivity contribution in [3.8, 4) is 0 Å². The number of anilines is 1. The van der Waals surface area contributed by atoms with Gasteiger partial charge in [0.05, 0.1) is 11.4 Å². The summed E-state index contributed by atoms with van der Waals surface area (Å²) in [6.07, 6.45) is 1.86. The molecular weight excluding hydrogens is 241 g/mol. The second kappa shape index (κ2) is 4.75. The van der Waals surface area contributed by atoms with Crippen LogP contribution < -0.4 is 5.32 Å². The number of nitrogens with one attached hydrogen (secondary N) is 1. The molecule has 0 aliphatic rings. The Hall–Kier alpha value is -1.55. The predicted molar refractivity (Wildman–Crippen MR) is 66.7 cm³/mol. The van der Waals surface area contributed by atoms with E-state index in [1.54, 1.807) is 10.7 Å². The van der Waals surface area contributed by atoms with E-state index in [1.807, 2.05) is 20.2 Å². The lowest BCUT2D eigenvalue weighted by Gasteiger charge is -2.06. The molecule has 0 unspecified atom stereocenters. The van der Waals surface area contributed by atoms with Gasteiger partial charge in [0.15, 0.2) is 0 Å². The first kappa shape index (κ1) is 11.9. The molecule has 1 heterocycles. The molecule has 5 heteroatoms. The van der Waals surface area contributed by atoms with Crippen LogP contribution in [0.3, 0.4) is 0 Å². The van der Waals surface area contributed by atoms with Crippen LogP contribution >= 0.6 is 11.6 Å². The van der Waals surface area contributed by atoms with Gasteiger partial charge in [0.1, 0.15) is 5.82 Å². The summed E-state index contributed by atoms with van der Waals surface area (Å²) >= 11 is 5.82. The topological polar surface area (TPSA) is 29.9 Å². The molecule has 0 bridgehead atoms. The molecule has 0 atom stereocenters. The van der Waals surface area contributed by atoms with Crippen molar-refractivity contribution in [3.05, 3.63) is 46.5 Å². The van der Waals surface area contributed by atoms with Crippen molar-refractivity contribution in [2.45, 2.75) is 13.5 Å². The van der Waals surface area contributed by atoms with E-state index in [0.717, 1.165) is 11.4 Å². The minimum Gasteiger partial charge on any atom is -0.378 e. The lowest BCUT2D eigenvalue weighted by molar-refractivity contribution is 0.613. The molecule has 0 aliphatic heterocycles. The summed E-state index contributed by atoms with van der Waals surface area (Å²) in [6, 6.07) is 4.53. The van der Waals surface area contributed by atoms with Crippen LogP contribution in [0.4, 0.5) is 10.1 Å². The summed E-state index contributed by atoms with van der Waals surface area (Å²) < 4.78 is 15.2. The second-order valence-corrected chi connectivity index (χ2v) is 4.33. The second-order valence-electron chi connectivity index (χ2n) is 3.89. The number of hydrogen-bond acceptors (Lipinski definition) is 2. The van der Waals surface area contributed by atoms with Crippen LogP contribution in [-0.2, 0) is 13.6 Å². The molecular formula is C12H13ClFN3. The summed E-state index contributed by atoms with van der Waals surface area (Å²) in [5.41, 5.74) is 2.32. The zero-order valence-electron chi connectivity index (χ0n) is 9.67. The molecule has 0 saturated heterocycles. The Morgan fingerprint density at radius 2 is 2.24 bits per heavy atom. The van der Waals surface area contributed by atoms with Crippen LogP contribution in [0.2, 0.25) is 5.02 Å². The largest absolute Gasteiger partial charge is 0.378 e. The first-order valence-electron chi connectivity index (χ1n) is 5.24. The average Bonchev–Trinajstić information content (AvgIpc) is 2.59. The molecule has 0 radical (unpaired) electrons. The van der Waals surface area contributed by atoms with Gasteiger partial charge in [-0.3, -0.25) is 4.68 Å². The van der Waals surface area contributed by atoms with E-state index >= 15 is 0 Å². The molecule has 1 aromatic carbocycles. The Balaban J connectivity index is 2.12. The molecule has 0 amide bonds. The highest BCUT2D eigenvalue weighted by atomic mass is 35.5. The molecule has 0 spiro atoms. The van der Waals surface area contributed by atoms with Crippen molar-refractivity contribution in [2.75, 3.05) is 5.32 Å². The van der Waals surface area contributed by atoms with E-state index < -0.39 is 0 Å². The van der Waals surface area contributed by atoms with E-state index in [4.69, 9.17) is 11.6 Å². The summed E-state index contributed by atoms with van der Waals surface area (Å²) in [6.45, 7) is 2.29. The normalized spacial score (nSPS) is 10.6. The highest BCUT2D eigenvalue weighted by molar-refractivity contribution is 6.30.